The molecule has 0 spiro atoms. The van der Waals surface area contributed by atoms with Gasteiger partial charge in [0.2, 0.25) is 0 Å². The monoisotopic (exact) mass is 413 g/mol. The number of fused-ring (bicyclic) bond motifs is 2. The van der Waals surface area contributed by atoms with E-state index in [4.69, 9.17) is 4.74 Å². The second-order valence-electron chi connectivity index (χ2n) is 7.50. The number of carboxylic acid groups (broad SMARTS) is 1. The number of nitrogens with zero attached hydrogens (tertiary/aromatic N) is 2. The van der Waals surface area contributed by atoms with Crippen molar-refractivity contribution in [3.05, 3.63) is 53.6 Å². The Balaban J connectivity index is 2.12. The van der Waals surface area contributed by atoms with E-state index in [1.165, 1.54) is 13.2 Å². The van der Waals surface area contributed by atoms with E-state index in [1.54, 1.807) is 24.4 Å². The first-order valence-electron chi connectivity index (χ1n) is 9.53. The molecule has 6 nitrogen and oxygen atoms in total. The van der Waals surface area contributed by atoms with Crippen molar-refractivity contribution < 1.29 is 23.4 Å². The third-order valence-electron chi connectivity index (χ3n) is 5.21. The van der Waals surface area contributed by atoms with Crippen LogP contribution in [0.1, 0.15) is 43.6 Å². The lowest BCUT2D eigenvalue weighted by molar-refractivity contribution is -0.138. The summed E-state index contributed by atoms with van der Waals surface area (Å²) in [5.41, 5.74) is 2.95. The van der Waals surface area contributed by atoms with Crippen molar-refractivity contribution in [1.29, 1.82) is 0 Å². The number of aromatic nitrogens is 3. The second kappa shape index (κ2) is 7.44. The van der Waals surface area contributed by atoms with Gasteiger partial charge in [-0.25, -0.2) is 8.78 Å². The minimum absolute atomic E-state index is 0.0670. The maximum absolute atomic E-state index is 15.3. The molecule has 0 aliphatic heterocycles. The highest BCUT2D eigenvalue weighted by atomic mass is 19.1. The number of nitrogens with one attached hydrogen (secondary N) is 1. The van der Waals surface area contributed by atoms with Crippen LogP contribution in [0.2, 0.25) is 0 Å². The summed E-state index contributed by atoms with van der Waals surface area (Å²) in [6.07, 6.45) is -0.686. The first-order valence-corrected chi connectivity index (χ1v) is 9.53. The Morgan fingerprint density at radius 3 is 2.73 bits per heavy atom. The van der Waals surface area contributed by atoms with Gasteiger partial charge in [0.25, 0.3) is 0 Å². The summed E-state index contributed by atoms with van der Waals surface area (Å²) in [6.45, 7) is 3.83. The highest BCUT2D eigenvalue weighted by Gasteiger charge is 2.28. The number of carbonyl (C=O) groups is 1. The average Bonchev–Trinajstić information content (AvgIpc) is 3.27. The van der Waals surface area contributed by atoms with E-state index >= 15 is 4.39 Å². The van der Waals surface area contributed by atoms with E-state index in [0.29, 0.717) is 27.8 Å². The van der Waals surface area contributed by atoms with Gasteiger partial charge in [0.1, 0.15) is 6.17 Å². The van der Waals surface area contributed by atoms with Gasteiger partial charge in [-0.3, -0.25) is 9.89 Å². The number of methoxy groups -OCH3 is 1. The van der Waals surface area contributed by atoms with Crippen LogP contribution < -0.4 is 4.74 Å². The zero-order chi connectivity index (χ0) is 21.6. The molecule has 30 heavy (non-hydrogen) atoms. The van der Waals surface area contributed by atoms with Crippen LogP contribution in [0.3, 0.4) is 0 Å². The van der Waals surface area contributed by atoms with Crippen molar-refractivity contribution >= 4 is 27.8 Å². The number of hydrogen-bond donors (Lipinski definition) is 2. The molecule has 2 N–H and O–H groups in total. The third kappa shape index (κ3) is 3.18. The first kappa shape index (κ1) is 19.9. The Bertz CT molecular complexity index is 1260. The summed E-state index contributed by atoms with van der Waals surface area (Å²) < 4.78 is 36.3. The number of alkyl halides is 1. The number of halogens is 2. The van der Waals surface area contributed by atoms with Crippen LogP contribution in [0.15, 0.2) is 36.5 Å². The summed E-state index contributed by atoms with van der Waals surface area (Å²) in [5.74, 6) is -1.79. The molecule has 0 saturated heterocycles. The normalized spacial score (nSPS) is 12.7. The third-order valence-corrected chi connectivity index (χ3v) is 5.21. The Hall–Kier alpha value is -3.42. The number of H-pyrrole nitrogens is 1. The Morgan fingerprint density at radius 1 is 1.30 bits per heavy atom. The van der Waals surface area contributed by atoms with E-state index < -0.39 is 24.4 Å². The number of ether oxygens (including phenoxy) is 1. The zero-order valence-corrected chi connectivity index (χ0v) is 16.7. The molecule has 0 unspecified atom stereocenters. The average molecular weight is 413 g/mol. The second-order valence-corrected chi connectivity index (χ2v) is 7.50. The molecule has 4 rings (SSSR count). The Kier molecular flexibility index (Phi) is 4.93. The summed E-state index contributed by atoms with van der Waals surface area (Å²) in [5, 5.41) is 17.5. The van der Waals surface area contributed by atoms with Gasteiger partial charge in [0.05, 0.1) is 30.8 Å². The minimum atomic E-state index is -1.70. The quantitative estimate of drug-likeness (QED) is 0.452. The van der Waals surface area contributed by atoms with Crippen LogP contribution >= 0.6 is 0 Å². The topological polar surface area (TPSA) is 80.1 Å². The predicted molar refractivity (Wildman–Crippen MR) is 110 cm³/mol. The highest BCUT2D eigenvalue weighted by Crippen LogP contribution is 2.41. The lowest BCUT2D eigenvalue weighted by atomic mass is 9.97. The fourth-order valence-electron chi connectivity index (χ4n) is 3.99. The largest absolute Gasteiger partial charge is 0.494 e. The van der Waals surface area contributed by atoms with Gasteiger partial charge in [-0.2, -0.15) is 5.10 Å². The molecule has 2 aromatic heterocycles. The van der Waals surface area contributed by atoms with Crippen molar-refractivity contribution in [2.24, 2.45) is 0 Å². The Morgan fingerprint density at radius 2 is 2.07 bits per heavy atom. The lowest BCUT2D eigenvalue weighted by Gasteiger charge is -2.17. The van der Waals surface area contributed by atoms with E-state index in [1.807, 2.05) is 24.5 Å². The predicted octanol–water partition coefficient (Wildman–Crippen LogP) is 5.26. The van der Waals surface area contributed by atoms with Gasteiger partial charge in [0.15, 0.2) is 11.6 Å². The molecule has 156 valence electrons. The van der Waals surface area contributed by atoms with Crippen molar-refractivity contribution in [2.75, 3.05) is 7.11 Å². The van der Waals surface area contributed by atoms with Gasteiger partial charge in [0, 0.05) is 33.8 Å². The number of benzene rings is 2. The van der Waals surface area contributed by atoms with E-state index in [-0.39, 0.29) is 11.7 Å². The van der Waals surface area contributed by atoms with Crippen LogP contribution in [0.4, 0.5) is 8.78 Å². The molecule has 0 aliphatic rings. The smallest absolute Gasteiger partial charge is 0.306 e. The summed E-state index contributed by atoms with van der Waals surface area (Å²) in [6, 6.07) is 8.09. The van der Waals surface area contributed by atoms with Crippen molar-refractivity contribution in [3.63, 3.8) is 0 Å². The van der Waals surface area contributed by atoms with Gasteiger partial charge < -0.3 is 14.4 Å². The van der Waals surface area contributed by atoms with Gasteiger partial charge >= 0.3 is 5.97 Å². The van der Waals surface area contributed by atoms with Crippen molar-refractivity contribution in [2.45, 2.75) is 32.4 Å². The minimum Gasteiger partial charge on any atom is -0.494 e. The van der Waals surface area contributed by atoms with Crippen molar-refractivity contribution in [1.82, 2.24) is 14.8 Å². The molecule has 2 heterocycles. The maximum Gasteiger partial charge on any atom is 0.306 e. The van der Waals surface area contributed by atoms with Crippen LogP contribution in [-0.2, 0) is 4.79 Å². The molecule has 2 aromatic carbocycles. The van der Waals surface area contributed by atoms with E-state index in [9.17, 15) is 14.3 Å². The number of hydrogen-bond acceptors (Lipinski definition) is 3. The molecule has 0 radical (unpaired) electrons. The number of rotatable bonds is 6. The van der Waals surface area contributed by atoms with E-state index in [2.05, 4.69) is 10.2 Å². The van der Waals surface area contributed by atoms with Gasteiger partial charge in [-0.15, -0.1) is 0 Å². The van der Waals surface area contributed by atoms with Gasteiger partial charge in [-0.1, -0.05) is 13.8 Å². The fourth-order valence-corrected chi connectivity index (χ4v) is 3.99. The zero-order valence-electron chi connectivity index (χ0n) is 16.7. The molecule has 8 heteroatoms. The van der Waals surface area contributed by atoms with Crippen molar-refractivity contribution in [3.8, 4) is 11.4 Å². The van der Waals surface area contributed by atoms with Crippen LogP contribution in [0, 0.1) is 5.82 Å². The van der Waals surface area contributed by atoms with Gasteiger partial charge in [-0.05, 0) is 30.2 Å². The summed E-state index contributed by atoms with van der Waals surface area (Å²) in [7, 11) is 1.38. The number of aliphatic carboxylic acids is 1. The Labute approximate surface area is 171 Å². The SMILES string of the molecule is COc1cc(-n2c(C(C)C)c([C@@H](F)CC(=O)O)c3cc4[nH]ncc4cc32)ccc1F. The molecule has 0 fully saturated rings. The standard InChI is InChI=1S/C22H21F2N3O3/c1-11(2)22-21(16(24)9-20(28)29)14-8-17-12(10-25-26-17)6-18(14)27(22)13-4-5-15(23)19(7-13)30-3/h4-8,10-11,16H,9H2,1-3H3,(H,25,26)(H,28,29)/t16-/m0/s1. The highest BCUT2D eigenvalue weighted by molar-refractivity contribution is 5.99. The first-order chi connectivity index (χ1) is 14.3. The molecular weight excluding hydrogens is 392 g/mol. The molecular formula is C22H21F2N3O3. The fraction of sp³-hybridized carbons (Fsp3) is 0.273. The molecule has 0 bridgehead atoms. The molecule has 4 aromatic rings. The van der Waals surface area contributed by atoms with E-state index in [0.717, 1.165) is 10.9 Å². The molecule has 1 atom stereocenters. The lowest BCUT2D eigenvalue weighted by Crippen LogP contribution is -2.08. The summed E-state index contributed by atoms with van der Waals surface area (Å²) >= 11 is 0. The molecule has 0 saturated carbocycles. The van der Waals surface area contributed by atoms with Crippen LogP contribution in [-0.4, -0.2) is 33.0 Å². The summed E-state index contributed by atoms with van der Waals surface area (Å²) in [4.78, 5) is 11.2. The maximum atomic E-state index is 15.3. The molecule has 0 aliphatic carbocycles. The molecule has 0 amide bonds. The number of aromatic amines is 1. The van der Waals surface area contributed by atoms with Crippen LogP contribution in [0.5, 0.6) is 5.75 Å². The van der Waals surface area contributed by atoms with Crippen LogP contribution in [0.25, 0.3) is 27.5 Å². The number of carboxylic acids is 1.